The lowest BCUT2D eigenvalue weighted by atomic mass is 9.74. The van der Waals surface area contributed by atoms with E-state index in [4.69, 9.17) is 15.3 Å². The van der Waals surface area contributed by atoms with Crippen LogP contribution in [0.25, 0.3) is 0 Å². The predicted octanol–water partition coefficient (Wildman–Crippen LogP) is 0.257. The van der Waals surface area contributed by atoms with Crippen LogP contribution in [-0.2, 0) is 6.18 Å². The lowest BCUT2D eigenvalue weighted by Gasteiger charge is -2.12. The molecule has 1 aromatic carbocycles. The summed E-state index contributed by atoms with van der Waals surface area (Å²) in [4.78, 5) is 0. The number of nitriles is 1. The summed E-state index contributed by atoms with van der Waals surface area (Å²) in [5.41, 5.74) is -2.43. The summed E-state index contributed by atoms with van der Waals surface area (Å²) in [5.74, 6) is 0. The van der Waals surface area contributed by atoms with Gasteiger partial charge in [-0.15, -0.1) is 0 Å². The van der Waals surface area contributed by atoms with Crippen LogP contribution in [0.1, 0.15) is 11.1 Å². The maximum atomic E-state index is 12.4. The number of rotatable bonds is 1. The third kappa shape index (κ3) is 2.29. The van der Waals surface area contributed by atoms with Crippen LogP contribution in [0.3, 0.4) is 0 Å². The largest absolute Gasteiger partial charge is 0.490 e. The number of benzene rings is 1. The first-order valence-corrected chi connectivity index (χ1v) is 3.84. The molecule has 1 aromatic rings. The molecule has 7 heteroatoms. The average molecular weight is 215 g/mol. The van der Waals surface area contributed by atoms with Crippen molar-refractivity contribution >= 4 is 12.6 Å². The Bertz CT molecular complexity index is 411. The third-order valence-electron chi connectivity index (χ3n) is 1.79. The first-order valence-electron chi connectivity index (χ1n) is 3.84. The summed E-state index contributed by atoms with van der Waals surface area (Å²) in [5, 5.41) is 26.1. The van der Waals surface area contributed by atoms with Gasteiger partial charge in [-0.05, 0) is 6.07 Å². The number of nitrogens with zero attached hydrogens (tertiary/aromatic N) is 1. The van der Waals surface area contributed by atoms with E-state index in [2.05, 4.69) is 0 Å². The molecule has 0 unspecified atom stereocenters. The van der Waals surface area contributed by atoms with Gasteiger partial charge in [0.05, 0.1) is 17.2 Å². The molecule has 0 aliphatic carbocycles. The van der Waals surface area contributed by atoms with Gasteiger partial charge in [-0.25, -0.2) is 0 Å². The molecule has 0 heterocycles. The van der Waals surface area contributed by atoms with Gasteiger partial charge in [0.1, 0.15) is 0 Å². The Kier molecular flexibility index (Phi) is 3.02. The van der Waals surface area contributed by atoms with E-state index >= 15 is 0 Å². The van der Waals surface area contributed by atoms with Crippen molar-refractivity contribution in [3.8, 4) is 6.07 Å². The van der Waals surface area contributed by atoms with Gasteiger partial charge in [0.25, 0.3) is 0 Å². The summed E-state index contributed by atoms with van der Waals surface area (Å²) < 4.78 is 37.2. The Hall–Kier alpha value is -1.52. The Morgan fingerprint density at radius 1 is 1.27 bits per heavy atom. The topological polar surface area (TPSA) is 64.2 Å². The number of alkyl halides is 3. The maximum Gasteiger partial charge on any atom is 0.490 e. The molecule has 0 radical (unpaired) electrons. The molecular formula is C8H5BF3NO2. The van der Waals surface area contributed by atoms with Gasteiger partial charge in [0.15, 0.2) is 0 Å². The number of hydrogen-bond donors (Lipinski definition) is 2. The van der Waals surface area contributed by atoms with Gasteiger partial charge in [0, 0.05) is 5.46 Å². The highest BCUT2D eigenvalue weighted by Gasteiger charge is 2.37. The van der Waals surface area contributed by atoms with Gasteiger partial charge >= 0.3 is 13.3 Å². The third-order valence-corrected chi connectivity index (χ3v) is 1.79. The Morgan fingerprint density at radius 2 is 1.87 bits per heavy atom. The fourth-order valence-electron chi connectivity index (χ4n) is 1.19. The van der Waals surface area contributed by atoms with Crippen LogP contribution in [-0.4, -0.2) is 17.2 Å². The lowest BCUT2D eigenvalue weighted by Crippen LogP contribution is -2.38. The minimum Gasteiger partial charge on any atom is -0.423 e. The zero-order valence-electron chi connectivity index (χ0n) is 7.28. The zero-order chi connectivity index (χ0) is 11.6. The first kappa shape index (κ1) is 11.6. The lowest BCUT2D eigenvalue weighted by molar-refractivity contribution is -0.136. The predicted molar refractivity (Wildman–Crippen MR) is 46.0 cm³/mol. The molecule has 1 rings (SSSR count). The molecule has 2 N–H and O–H groups in total. The van der Waals surface area contributed by atoms with E-state index in [1.54, 1.807) is 0 Å². The van der Waals surface area contributed by atoms with Crippen molar-refractivity contribution in [1.82, 2.24) is 0 Å². The van der Waals surface area contributed by atoms with Gasteiger partial charge < -0.3 is 10.0 Å². The van der Waals surface area contributed by atoms with Gasteiger partial charge in [-0.1, -0.05) is 12.1 Å². The number of hydrogen-bond acceptors (Lipinski definition) is 3. The van der Waals surface area contributed by atoms with Crippen molar-refractivity contribution in [1.29, 1.82) is 5.26 Å². The molecule has 0 amide bonds. The van der Waals surface area contributed by atoms with E-state index in [0.29, 0.717) is 6.07 Å². The van der Waals surface area contributed by atoms with Crippen molar-refractivity contribution in [2.24, 2.45) is 0 Å². The van der Waals surface area contributed by atoms with Crippen LogP contribution in [0.4, 0.5) is 13.2 Å². The van der Waals surface area contributed by atoms with Crippen molar-refractivity contribution in [3.05, 3.63) is 29.3 Å². The van der Waals surface area contributed by atoms with Crippen LogP contribution in [0.5, 0.6) is 0 Å². The summed E-state index contributed by atoms with van der Waals surface area (Å²) in [7, 11) is -2.32. The average Bonchev–Trinajstić information content (AvgIpc) is 2.15. The first-order chi connectivity index (χ1) is 6.88. The van der Waals surface area contributed by atoms with E-state index in [-0.39, 0.29) is 0 Å². The minimum absolute atomic E-state index is 0.403. The minimum atomic E-state index is -4.72. The second kappa shape index (κ2) is 3.92. The standard InChI is InChI=1S/C8H5BF3NO2/c10-8(11,12)6-3-1-2-5(4-13)7(6)9(14)15/h1-3,14-15H. The fraction of sp³-hybridized carbons (Fsp3) is 0.125. The normalized spacial score (nSPS) is 10.9. The molecule has 0 bridgehead atoms. The second-order valence-corrected chi connectivity index (χ2v) is 2.75. The highest BCUT2D eigenvalue weighted by molar-refractivity contribution is 6.60. The fourth-order valence-corrected chi connectivity index (χ4v) is 1.19. The van der Waals surface area contributed by atoms with Crippen molar-refractivity contribution in [2.45, 2.75) is 6.18 Å². The van der Waals surface area contributed by atoms with Crippen LogP contribution in [0.15, 0.2) is 18.2 Å². The molecule has 0 aliphatic heterocycles. The van der Waals surface area contributed by atoms with Crippen molar-refractivity contribution in [2.75, 3.05) is 0 Å². The summed E-state index contributed by atoms with van der Waals surface area (Å²) in [6.45, 7) is 0. The van der Waals surface area contributed by atoms with Crippen LogP contribution in [0.2, 0.25) is 0 Å². The Balaban J connectivity index is 3.48. The molecule has 0 spiro atoms. The van der Waals surface area contributed by atoms with E-state index in [1.165, 1.54) is 6.07 Å². The molecule has 0 atom stereocenters. The number of halogens is 3. The van der Waals surface area contributed by atoms with Gasteiger partial charge in [-0.2, -0.15) is 18.4 Å². The molecule has 0 saturated heterocycles. The van der Waals surface area contributed by atoms with E-state index in [1.807, 2.05) is 0 Å². The smallest absolute Gasteiger partial charge is 0.423 e. The van der Waals surface area contributed by atoms with Gasteiger partial charge in [-0.3, -0.25) is 0 Å². The van der Waals surface area contributed by atoms with Gasteiger partial charge in [0.2, 0.25) is 0 Å². The highest BCUT2D eigenvalue weighted by Crippen LogP contribution is 2.28. The van der Waals surface area contributed by atoms with E-state index in [0.717, 1.165) is 12.1 Å². The maximum absolute atomic E-state index is 12.4. The molecule has 78 valence electrons. The molecule has 0 aliphatic rings. The van der Waals surface area contributed by atoms with Crippen LogP contribution in [0, 0.1) is 11.3 Å². The molecule has 0 fully saturated rings. The van der Waals surface area contributed by atoms with Crippen molar-refractivity contribution < 1.29 is 23.2 Å². The van der Waals surface area contributed by atoms with E-state index in [9.17, 15) is 13.2 Å². The molecule has 3 nitrogen and oxygen atoms in total. The molecular weight excluding hydrogens is 210 g/mol. The SMILES string of the molecule is N#Cc1cccc(C(F)(F)F)c1B(O)O. The molecule has 15 heavy (non-hydrogen) atoms. The monoisotopic (exact) mass is 215 g/mol. The summed E-state index contributed by atoms with van der Waals surface area (Å²) in [6.07, 6.45) is -4.72. The van der Waals surface area contributed by atoms with E-state index < -0.39 is 29.9 Å². The quantitative estimate of drug-likeness (QED) is 0.660. The Morgan fingerprint density at radius 3 is 2.27 bits per heavy atom. The molecule has 0 aromatic heterocycles. The van der Waals surface area contributed by atoms with Crippen LogP contribution < -0.4 is 5.46 Å². The highest BCUT2D eigenvalue weighted by atomic mass is 19.4. The van der Waals surface area contributed by atoms with Crippen LogP contribution >= 0.6 is 0 Å². The summed E-state index contributed by atoms with van der Waals surface area (Å²) >= 11 is 0. The summed E-state index contributed by atoms with van der Waals surface area (Å²) in [6, 6.07) is 4.28. The van der Waals surface area contributed by atoms with Crippen molar-refractivity contribution in [3.63, 3.8) is 0 Å². The second-order valence-electron chi connectivity index (χ2n) is 2.75. The zero-order valence-corrected chi connectivity index (χ0v) is 7.28. The molecule has 0 saturated carbocycles. The Labute approximate surface area is 83.5 Å².